The van der Waals surface area contributed by atoms with Crippen molar-refractivity contribution < 1.29 is 4.79 Å². The first kappa shape index (κ1) is 17.0. The molecule has 1 unspecified atom stereocenters. The van der Waals surface area contributed by atoms with Gasteiger partial charge in [0, 0.05) is 10.9 Å². The Morgan fingerprint density at radius 1 is 1.04 bits per heavy atom. The maximum atomic E-state index is 12.8. The first-order valence-corrected chi connectivity index (χ1v) is 10.0. The van der Waals surface area contributed by atoms with Gasteiger partial charge in [-0.15, -0.1) is 11.3 Å². The van der Waals surface area contributed by atoms with E-state index in [1.165, 1.54) is 22.3 Å². The van der Waals surface area contributed by atoms with Crippen LogP contribution >= 0.6 is 23.1 Å². The lowest BCUT2D eigenvalue weighted by Gasteiger charge is -2.13. The molecule has 2 aromatic carbocycles. The molecule has 0 fully saturated rings. The van der Waals surface area contributed by atoms with Crippen LogP contribution in [0.2, 0.25) is 0 Å². The number of para-hydroxylation sites is 1. The van der Waals surface area contributed by atoms with E-state index in [1.807, 2.05) is 42.6 Å². The standard InChI is InChI=1S/C20H17N3OS2/c1-13-8-10-15(11-9-13)17-12-25-20(21-17)26-18-14(2)22-23(19(18)24)16-6-4-3-5-7-16/h3-12,18H,1-2H3. The fraction of sp³-hybridized carbons (Fsp3) is 0.150. The summed E-state index contributed by atoms with van der Waals surface area (Å²) in [6.45, 7) is 3.96. The Morgan fingerprint density at radius 2 is 1.77 bits per heavy atom. The number of aryl methyl sites for hydroxylation is 1. The van der Waals surface area contributed by atoms with E-state index in [2.05, 4.69) is 36.3 Å². The van der Waals surface area contributed by atoms with Crippen LogP contribution in [-0.2, 0) is 4.79 Å². The highest BCUT2D eigenvalue weighted by Crippen LogP contribution is 2.35. The second kappa shape index (κ2) is 7.05. The molecule has 0 N–H and O–H groups in total. The average molecular weight is 380 g/mol. The molecular weight excluding hydrogens is 362 g/mol. The van der Waals surface area contributed by atoms with Crippen molar-refractivity contribution >= 4 is 40.4 Å². The molecule has 26 heavy (non-hydrogen) atoms. The summed E-state index contributed by atoms with van der Waals surface area (Å²) in [5, 5.41) is 7.64. The highest BCUT2D eigenvalue weighted by Gasteiger charge is 2.35. The molecule has 0 saturated carbocycles. The predicted molar refractivity (Wildman–Crippen MR) is 109 cm³/mol. The van der Waals surface area contributed by atoms with Gasteiger partial charge in [-0.25, -0.2) is 4.98 Å². The smallest absolute Gasteiger partial charge is 0.266 e. The Bertz CT molecular complexity index is 964. The quantitative estimate of drug-likeness (QED) is 0.641. The lowest BCUT2D eigenvalue weighted by molar-refractivity contribution is -0.116. The fourth-order valence-electron chi connectivity index (χ4n) is 2.71. The molecule has 0 saturated heterocycles. The van der Waals surface area contributed by atoms with Crippen molar-refractivity contribution in [2.45, 2.75) is 23.4 Å². The molecular formula is C20H17N3OS2. The van der Waals surface area contributed by atoms with Crippen molar-refractivity contribution in [1.29, 1.82) is 0 Å². The Kier molecular flexibility index (Phi) is 4.61. The molecule has 0 spiro atoms. The third kappa shape index (κ3) is 3.30. The van der Waals surface area contributed by atoms with E-state index < -0.39 is 0 Å². The van der Waals surface area contributed by atoms with Crippen LogP contribution in [0.1, 0.15) is 12.5 Å². The van der Waals surface area contributed by atoms with Crippen LogP contribution in [0.4, 0.5) is 5.69 Å². The van der Waals surface area contributed by atoms with Gasteiger partial charge in [-0.3, -0.25) is 4.79 Å². The van der Waals surface area contributed by atoms with Gasteiger partial charge in [0.25, 0.3) is 5.91 Å². The van der Waals surface area contributed by atoms with Crippen molar-refractivity contribution in [3.05, 3.63) is 65.5 Å². The number of amides is 1. The van der Waals surface area contributed by atoms with E-state index in [0.717, 1.165) is 27.0 Å². The van der Waals surface area contributed by atoms with Gasteiger partial charge in [0.15, 0.2) is 4.34 Å². The van der Waals surface area contributed by atoms with Crippen LogP contribution < -0.4 is 5.01 Å². The number of thioether (sulfide) groups is 1. The molecule has 4 rings (SSSR count). The summed E-state index contributed by atoms with van der Waals surface area (Å²) in [7, 11) is 0. The van der Waals surface area contributed by atoms with Crippen LogP contribution in [0.25, 0.3) is 11.3 Å². The van der Waals surface area contributed by atoms with Gasteiger partial charge in [0.1, 0.15) is 5.25 Å². The monoisotopic (exact) mass is 379 g/mol. The molecule has 6 heteroatoms. The van der Waals surface area contributed by atoms with Crippen molar-refractivity contribution in [3.63, 3.8) is 0 Å². The molecule has 2 heterocycles. The molecule has 0 aliphatic carbocycles. The average Bonchev–Trinajstić information content (AvgIpc) is 3.23. The normalized spacial score (nSPS) is 16.8. The van der Waals surface area contributed by atoms with Crippen molar-refractivity contribution in [2.24, 2.45) is 5.10 Å². The summed E-state index contributed by atoms with van der Waals surface area (Å²) >= 11 is 3.03. The number of carbonyl (C=O) groups is 1. The van der Waals surface area contributed by atoms with Gasteiger partial charge in [0.2, 0.25) is 0 Å². The zero-order valence-electron chi connectivity index (χ0n) is 14.4. The van der Waals surface area contributed by atoms with Crippen LogP contribution in [0.5, 0.6) is 0 Å². The minimum atomic E-state index is -0.327. The van der Waals surface area contributed by atoms with Gasteiger partial charge >= 0.3 is 0 Å². The number of hydrogen-bond acceptors (Lipinski definition) is 5. The maximum Gasteiger partial charge on any atom is 0.266 e. The zero-order valence-corrected chi connectivity index (χ0v) is 16.1. The van der Waals surface area contributed by atoms with E-state index in [1.54, 1.807) is 11.3 Å². The van der Waals surface area contributed by atoms with Gasteiger partial charge < -0.3 is 0 Å². The summed E-state index contributed by atoms with van der Waals surface area (Å²) in [5.74, 6) is -0.0224. The molecule has 1 aliphatic rings. The summed E-state index contributed by atoms with van der Waals surface area (Å²) in [6, 6.07) is 17.8. The highest BCUT2D eigenvalue weighted by molar-refractivity contribution is 8.03. The lowest BCUT2D eigenvalue weighted by atomic mass is 10.1. The number of nitrogens with zero attached hydrogens (tertiary/aromatic N) is 3. The van der Waals surface area contributed by atoms with E-state index in [9.17, 15) is 4.79 Å². The molecule has 1 amide bonds. The van der Waals surface area contributed by atoms with Gasteiger partial charge in [-0.05, 0) is 26.0 Å². The zero-order chi connectivity index (χ0) is 18.1. The van der Waals surface area contributed by atoms with E-state index in [0.29, 0.717) is 0 Å². The van der Waals surface area contributed by atoms with E-state index >= 15 is 0 Å². The first-order chi connectivity index (χ1) is 12.6. The van der Waals surface area contributed by atoms with Crippen LogP contribution in [0.3, 0.4) is 0 Å². The topological polar surface area (TPSA) is 45.6 Å². The highest BCUT2D eigenvalue weighted by atomic mass is 32.2. The molecule has 130 valence electrons. The van der Waals surface area contributed by atoms with Gasteiger partial charge in [0.05, 0.1) is 17.1 Å². The minimum absolute atomic E-state index is 0.0224. The third-order valence-corrected chi connectivity index (χ3v) is 6.40. The Labute approximate surface area is 160 Å². The number of hydrazone groups is 1. The number of rotatable bonds is 4. The second-order valence-corrected chi connectivity index (χ2v) is 8.30. The van der Waals surface area contributed by atoms with Crippen molar-refractivity contribution in [2.75, 3.05) is 5.01 Å². The SMILES string of the molecule is CC1=NN(c2ccccc2)C(=O)C1Sc1nc(-c2ccc(C)cc2)cs1. The molecule has 1 atom stereocenters. The molecule has 0 radical (unpaired) electrons. The van der Waals surface area contributed by atoms with E-state index in [-0.39, 0.29) is 11.2 Å². The van der Waals surface area contributed by atoms with Crippen LogP contribution in [0.15, 0.2) is 69.4 Å². The molecule has 0 bridgehead atoms. The summed E-state index contributed by atoms with van der Waals surface area (Å²) < 4.78 is 0.878. The molecule has 4 nitrogen and oxygen atoms in total. The molecule has 3 aromatic rings. The van der Waals surface area contributed by atoms with Crippen molar-refractivity contribution in [3.8, 4) is 11.3 Å². The second-order valence-electron chi connectivity index (χ2n) is 6.09. The van der Waals surface area contributed by atoms with Gasteiger partial charge in [-0.2, -0.15) is 10.1 Å². The Morgan fingerprint density at radius 3 is 2.50 bits per heavy atom. The summed E-state index contributed by atoms with van der Waals surface area (Å²) in [5.41, 5.74) is 4.85. The summed E-state index contributed by atoms with van der Waals surface area (Å²) in [4.78, 5) is 17.5. The molecule has 1 aliphatic heterocycles. The minimum Gasteiger partial charge on any atom is -0.271 e. The number of aromatic nitrogens is 1. The van der Waals surface area contributed by atoms with Gasteiger partial charge in [-0.1, -0.05) is 59.8 Å². The number of thiazole rings is 1. The maximum absolute atomic E-state index is 12.8. The Hall–Kier alpha value is -2.44. The number of carbonyl (C=O) groups excluding carboxylic acids is 1. The third-order valence-electron chi connectivity index (χ3n) is 4.12. The van der Waals surface area contributed by atoms with Crippen molar-refractivity contribution in [1.82, 2.24) is 4.98 Å². The largest absolute Gasteiger partial charge is 0.271 e. The Balaban J connectivity index is 1.52. The van der Waals surface area contributed by atoms with E-state index in [4.69, 9.17) is 4.98 Å². The van der Waals surface area contributed by atoms with Crippen LogP contribution in [-0.4, -0.2) is 21.9 Å². The fourth-order valence-corrected chi connectivity index (χ4v) is 4.69. The number of anilines is 1. The lowest BCUT2D eigenvalue weighted by Crippen LogP contribution is -2.28. The molecule has 1 aromatic heterocycles. The number of hydrogen-bond donors (Lipinski definition) is 0. The summed E-state index contributed by atoms with van der Waals surface area (Å²) in [6.07, 6.45) is 0. The first-order valence-electron chi connectivity index (χ1n) is 8.25. The predicted octanol–water partition coefficient (Wildman–Crippen LogP) is 5.00. The number of benzene rings is 2. The van der Waals surface area contributed by atoms with Crippen LogP contribution in [0, 0.1) is 6.92 Å².